The quantitative estimate of drug-likeness (QED) is 0.740. The summed E-state index contributed by atoms with van der Waals surface area (Å²) in [7, 11) is 0. The number of carbonyl (C=O) groups excluding carboxylic acids is 3. The molecule has 0 unspecified atom stereocenters. The lowest BCUT2D eigenvalue weighted by Crippen LogP contribution is -2.54. The van der Waals surface area contributed by atoms with Gasteiger partial charge >= 0.3 is 12.1 Å². The highest BCUT2D eigenvalue weighted by Gasteiger charge is 2.42. The molecule has 0 aliphatic carbocycles. The molecule has 1 heterocycles. The molecule has 1 aliphatic rings. The minimum atomic E-state index is -1.08. The van der Waals surface area contributed by atoms with Gasteiger partial charge in [0.25, 0.3) is 5.91 Å². The smallest absolute Gasteiger partial charge is 0.418 e. The molecule has 124 valence electrons. The van der Waals surface area contributed by atoms with Crippen LogP contribution in [0, 0.1) is 0 Å². The van der Waals surface area contributed by atoms with E-state index in [-0.39, 0.29) is 12.1 Å². The summed E-state index contributed by atoms with van der Waals surface area (Å²) in [5.41, 5.74) is 3.95. The molecule has 0 radical (unpaired) electrons. The molecule has 0 aromatic heterocycles. The van der Waals surface area contributed by atoms with E-state index in [0.29, 0.717) is 0 Å². The molecule has 7 nitrogen and oxygen atoms in total. The molecule has 2 N–H and O–H groups in total. The summed E-state index contributed by atoms with van der Waals surface area (Å²) >= 11 is 0. The number of ether oxygens (including phenoxy) is 2. The van der Waals surface area contributed by atoms with Gasteiger partial charge in [0.1, 0.15) is 17.2 Å². The van der Waals surface area contributed by atoms with Gasteiger partial charge in [-0.05, 0) is 48.0 Å². The molecule has 1 aliphatic heterocycles. The molecule has 0 aromatic rings. The van der Waals surface area contributed by atoms with Gasteiger partial charge in [-0.25, -0.2) is 14.5 Å². The van der Waals surface area contributed by atoms with Crippen LogP contribution in [0.3, 0.4) is 0 Å². The molecule has 0 aromatic carbocycles. The van der Waals surface area contributed by atoms with Crippen molar-refractivity contribution in [2.24, 2.45) is 5.73 Å². The highest BCUT2D eigenvalue weighted by atomic mass is 16.6. The second kappa shape index (κ2) is 5.98. The Balaban J connectivity index is 3.05. The van der Waals surface area contributed by atoms with E-state index in [1.165, 1.54) is 6.08 Å². The average molecular weight is 312 g/mol. The summed E-state index contributed by atoms with van der Waals surface area (Å²) in [4.78, 5) is 37.4. The maximum absolute atomic E-state index is 12.3. The van der Waals surface area contributed by atoms with Gasteiger partial charge in [0.2, 0.25) is 0 Å². The normalized spacial score (nSPS) is 19.5. The van der Waals surface area contributed by atoms with E-state index < -0.39 is 35.2 Å². The number of carbonyl (C=O) groups is 3. The molecule has 7 heteroatoms. The van der Waals surface area contributed by atoms with Gasteiger partial charge in [-0.15, -0.1) is 0 Å². The van der Waals surface area contributed by atoms with E-state index in [1.54, 1.807) is 41.5 Å². The summed E-state index contributed by atoms with van der Waals surface area (Å²) in [6, 6.07) is -1.08. The number of nitrogens with zero attached hydrogens (tertiary/aromatic N) is 1. The molecule has 0 saturated carbocycles. The lowest BCUT2D eigenvalue weighted by Gasteiger charge is -2.34. The molecule has 22 heavy (non-hydrogen) atoms. The molecule has 0 saturated heterocycles. The van der Waals surface area contributed by atoms with Gasteiger partial charge in [0.15, 0.2) is 0 Å². The minimum absolute atomic E-state index is 0.0920. The fourth-order valence-corrected chi connectivity index (χ4v) is 1.80. The predicted molar refractivity (Wildman–Crippen MR) is 79.6 cm³/mol. The van der Waals surface area contributed by atoms with Crippen molar-refractivity contribution in [2.45, 2.75) is 65.2 Å². The fourth-order valence-electron chi connectivity index (χ4n) is 1.80. The van der Waals surface area contributed by atoms with Crippen LogP contribution in [0.2, 0.25) is 0 Å². The van der Waals surface area contributed by atoms with Gasteiger partial charge in [0.05, 0.1) is 5.70 Å². The number of hydrogen-bond donors (Lipinski definition) is 1. The van der Waals surface area contributed by atoms with Gasteiger partial charge in [-0.2, -0.15) is 0 Å². The van der Waals surface area contributed by atoms with Crippen molar-refractivity contribution < 1.29 is 23.9 Å². The maximum Gasteiger partial charge on any atom is 0.418 e. The van der Waals surface area contributed by atoms with E-state index in [9.17, 15) is 14.4 Å². The van der Waals surface area contributed by atoms with Crippen LogP contribution in [-0.2, 0) is 19.1 Å². The molecular formula is C15H24N2O5. The first-order valence-corrected chi connectivity index (χ1v) is 7.07. The highest BCUT2D eigenvalue weighted by Crippen LogP contribution is 2.22. The number of amides is 2. The largest absolute Gasteiger partial charge is 0.458 e. The minimum Gasteiger partial charge on any atom is -0.458 e. The van der Waals surface area contributed by atoms with Gasteiger partial charge in [-0.3, -0.25) is 4.79 Å². The summed E-state index contributed by atoms with van der Waals surface area (Å²) in [5.74, 6) is -1.42. The molecule has 1 rings (SSSR count). The Hall–Kier alpha value is -2.05. The lowest BCUT2D eigenvalue weighted by molar-refractivity contribution is -0.164. The predicted octanol–water partition coefficient (Wildman–Crippen LogP) is 1.71. The van der Waals surface area contributed by atoms with Crippen LogP contribution in [0.4, 0.5) is 4.79 Å². The van der Waals surface area contributed by atoms with Crippen LogP contribution in [0.5, 0.6) is 0 Å². The molecule has 2 amide bonds. The van der Waals surface area contributed by atoms with Crippen molar-refractivity contribution in [1.82, 2.24) is 4.90 Å². The molecule has 0 spiro atoms. The van der Waals surface area contributed by atoms with Crippen LogP contribution in [0.1, 0.15) is 48.0 Å². The Morgan fingerprint density at radius 2 is 1.64 bits per heavy atom. The van der Waals surface area contributed by atoms with E-state index in [4.69, 9.17) is 15.2 Å². The Labute approximate surface area is 130 Å². The Bertz CT molecular complexity index is 511. The van der Waals surface area contributed by atoms with Crippen LogP contribution < -0.4 is 5.73 Å². The van der Waals surface area contributed by atoms with Crippen LogP contribution >= 0.6 is 0 Å². The summed E-state index contributed by atoms with van der Waals surface area (Å²) < 4.78 is 10.4. The highest BCUT2D eigenvalue weighted by molar-refractivity contribution is 6.05. The van der Waals surface area contributed by atoms with Gasteiger partial charge in [0, 0.05) is 0 Å². The van der Waals surface area contributed by atoms with Crippen LogP contribution in [0.25, 0.3) is 0 Å². The summed E-state index contributed by atoms with van der Waals surface area (Å²) in [6.07, 6.45) is 0.605. The number of hydrogen-bond acceptors (Lipinski definition) is 6. The van der Waals surface area contributed by atoms with E-state index in [1.807, 2.05) is 0 Å². The second-order valence-electron chi connectivity index (χ2n) is 7.10. The van der Waals surface area contributed by atoms with Crippen LogP contribution in [0.15, 0.2) is 11.8 Å². The fraction of sp³-hybridized carbons (Fsp3) is 0.667. The van der Waals surface area contributed by atoms with Crippen molar-refractivity contribution in [3.05, 3.63) is 11.8 Å². The standard InChI is InChI=1S/C15H24N2O5/c1-14(2,3)21-12(19)10-8-7-9(16)11(18)17(10)13(20)22-15(4,5)6/h7,10H,8,16H2,1-6H3/t10-/m0/s1. The summed E-state index contributed by atoms with van der Waals surface area (Å²) in [6.45, 7) is 10.1. The molecule has 1 atom stereocenters. The lowest BCUT2D eigenvalue weighted by atomic mass is 10.1. The molecule has 0 bridgehead atoms. The van der Waals surface area contributed by atoms with Crippen molar-refractivity contribution >= 4 is 18.0 Å². The first-order valence-electron chi connectivity index (χ1n) is 7.07. The number of nitrogens with two attached hydrogens (primary N) is 1. The Kier molecular flexibility index (Phi) is 4.89. The molecular weight excluding hydrogens is 288 g/mol. The zero-order chi connectivity index (χ0) is 17.3. The van der Waals surface area contributed by atoms with E-state index in [2.05, 4.69) is 0 Å². The third kappa shape index (κ3) is 4.75. The number of esters is 1. The van der Waals surface area contributed by atoms with Gasteiger partial charge in [-0.1, -0.05) is 6.08 Å². The maximum atomic E-state index is 12.3. The first kappa shape index (κ1) is 18.0. The zero-order valence-electron chi connectivity index (χ0n) is 13.9. The van der Waals surface area contributed by atoms with Crippen molar-refractivity contribution in [2.75, 3.05) is 0 Å². The first-order chi connectivity index (χ1) is 9.82. The van der Waals surface area contributed by atoms with E-state index >= 15 is 0 Å². The van der Waals surface area contributed by atoms with Crippen molar-refractivity contribution in [3.63, 3.8) is 0 Å². The van der Waals surface area contributed by atoms with E-state index in [0.717, 1.165) is 4.90 Å². The second-order valence-corrected chi connectivity index (χ2v) is 7.10. The zero-order valence-corrected chi connectivity index (χ0v) is 13.9. The number of imide groups is 1. The number of rotatable bonds is 1. The van der Waals surface area contributed by atoms with Gasteiger partial charge < -0.3 is 15.2 Å². The monoisotopic (exact) mass is 312 g/mol. The molecule has 0 fully saturated rings. The van der Waals surface area contributed by atoms with Crippen LogP contribution in [-0.4, -0.2) is 40.1 Å². The summed E-state index contributed by atoms with van der Waals surface area (Å²) in [5, 5.41) is 0. The third-order valence-electron chi connectivity index (χ3n) is 2.61. The van der Waals surface area contributed by atoms with Crippen molar-refractivity contribution in [1.29, 1.82) is 0 Å². The Morgan fingerprint density at radius 1 is 1.14 bits per heavy atom. The topological polar surface area (TPSA) is 98.9 Å². The SMILES string of the molecule is CC(C)(C)OC(=O)[C@@H]1CC=C(N)C(=O)N1C(=O)OC(C)(C)C. The van der Waals surface area contributed by atoms with Crippen molar-refractivity contribution in [3.8, 4) is 0 Å². The average Bonchev–Trinajstić information content (AvgIpc) is 2.27. The Morgan fingerprint density at radius 3 is 2.09 bits per heavy atom. The third-order valence-corrected chi connectivity index (χ3v) is 2.61.